The number of benzene rings is 1. The van der Waals surface area contributed by atoms with Crippen LogP contribution in [0.3, 0.4) is 0 Å². The predicted octanol–water partition coefficient (Wildman–Crippen LogP) is 1.82. The first-order chi connectivity index (χ1) is 10.5. The Morgan fingerprint density at radius 1 is 1.23 bits per heavy atom. The van der Waals surface area contributed by atoms with Crippen molar-refractivity contribution in [2.45, 2.75) is 25.8 Å². The van der Waals surface area contributed by atoms with Crippen molar-refractivity contribution < 1.29 is 24.2 Å². The van der Waals surface area contributed by atoms with Crippen molar-refractivity contribution in [3.05, 3.63) is 23.8 Å². The molecule has 0 unspecified atom stereocenters. The van der Waals surface area contributed by atoms with Gasteiger partial charge in [-0.05, 0) is 31.4 Å². The number of amides is 1. The highest BCUT2D eigenvalue weighted by atomic mass is 16.5. The van der Waals surface area contributed by atoms with Gasteiger partial charge >= 0.3 is 5.97 Å². The van der Waals surface area contributed by atoms with Gasteiger partial charge in [0, 0.05) is 24.1 Å². The van der Waals surface area contributed by atoms with Crippen molar-refractivity contribution in [3.8, 4) is 11.5 Å². The first kappa shape index (κ1) is 16.1. The minimum absolute atomic E-state index is 0.0957. The molecule has 1 aliphatic carbocycles. The molecule has 1 aliphatic rings. The van der Waals surface area contributed by atoms with Crippen LogP contribution in [0, 0.1) is 11.8 Å². The number of carbonyl (C=O) groups excluding carboxylic acids is 1. The number of hydrogen-bond donors (Lipinski definition) is 2. The van der Waals surface area contributed by atoms with Gasteiger partial charge < -0.3 is 19.9 Å². The van der Waals surface area contributed by atoms with E-state index >= 15 is 0 Å². The van der Waals surface area contributed by atoms with Crippen molar-refractivity contribution in [2.75, 3.05) is 14.2 Å². The van der Waals surface area contributed by atoms with E-state index in [1.807, 2.05) is 6.07 Å². The number of aliphatic carboxylic acids is 1. The highest BCUT2D eigenvalue weighted by Gasteiger charge is 2.33. The number of hydrogen-bond acceptors (Lipinski definition) is 4. The van der Waals surface area contributed by atoms with Gasteiger partial charge in [-0.1, -0.05) is 0 Å². The number of nitrogens with one attached hydrogen (secondary N) is 1. The summed E-state index contributed by atoms with van der Waals surface area (Å²) in [7, 11) is 3.14. The Balaban J connectivity index is 1.93. The van der Waals surface area contributed by atoms with E-state index in [1.165, 1.54) is 0 Å². The molecular weight excluding hydrogens is 286 g/mol. The van der Waals surface area contributed by atoms with Gasteiger partial charge in [-0.25, -0.2) is 0 Å². The third-order valence-electron chi connectivity index (χ3n) is 4.10. The molecule has 0 aliphatic heterocycles. The largest absolute Gasteiger partial charge is 0.497 e. The topological polar surface area (TPSA) is 84.9 Å². The maximum absolute atomic E-state index is 12.1. The highest BCUT2D eigenvalue weighted by Crippen LogP contribution is 2.31. The Kier molecular flexibility index (Phi) is 5.25. The van der Waals surface area contributed by atoms with Gasteiger partial charge in [-0.3, -0.25) is 9.59 Å². The molecular formula is C16H21NO5. The first-order valence-electron chi connectivity index (χ1n) is 7.26. The van der Waals surface area contributed by atoms with Crippen molar-refractivity contribution >= 4 is 11.9 Å². The molecule has 0 saturated heterocycles. The van der Waals surface area contributed by atoms with Crippen molar-refractivity contribution in [3.63, 3.8) is 0 Å². The zero-order valence-corrected chi connectivity index (χ0v) is 12.8. The van der Waals surface area contributed by atoms with Crippen LogP contribution in [0.4, 0.5) is 0 Å². The number of ether oxygens (including phenoxy) is 2. The van der Waals surface area contributed by atoms with Gasteiger partial charge in [-0.2, -0.15) is 0 Å². The summed E-state index contributed by atoms with van der Waals surface area (Å²) in [5.74, 6) is -0.188. The van der Waals surface area contributed by atoms with Crippen LogP contribution in [0.15, 0.2) is 18.2 Å². The minimum atomic E-state index is -0.813. The van der Waals surface area contributed by atoms with E-state index in [4.69, 9.17) is 14.6 Å². The molecule has 0 aromatic heterocycles. The van der Waals surface area contributed by atoms with E-state index in [2.05, 4.69) is 5.32 Å². The summed E-state index contributed by atoms with van der Waals surface area (Å²) < 4.78 is 10.4. The molecule has 2 atom stereocenters. The number of methoxy groups -OCH3 is 2. The summed E-state index contributed by atoms with van der Waals surface area (Å²) in [5.41, 5.74) is 0.851. The highest BCUT2D eigenvalue weighted by molar-refractivity contribution is 5.80. The lowest BCUT2D eigenvalue weighted by molar-refractivity contribution is -0.141. The second-order valence-electron chi connectivity index (χ2n) is 5.44. The lowest BCUT2D eigenvalue weighted by atomic mass is 10.0. The Morgan fingerprint density at radius 2 is 1.95 bits per heavy atom. The summed E-state index contributed by atoms with van der Waals surface area (Å²) in [4.78, 5) is 23.1. The molecule has 0 radical (unpaired) electrons. The van der Waals surface area contributed by atoms with Crippen LogP contribution in [-0.4, -0.2) is 31.2 Å². The molecule has 22 heavy (non-hydrogen) atoms. The van der Waals surface area contributed by atoms with Gasteiger partial charge in [0.1, 0.15) is 11.5 Å². The Hall–Kier alpha value is -2.24. The molecule has 120 valence electrons. The summed E-state index contributed by atoms with van der Waals surface area (Å²) >= 11 is 0. The van der Waals surface area contributed by atoms with Gasteiger partial charge in [0.15, 0.2) is 0 Å². The Morgan fingerprint density at radius 3 is 2.55 bits per heavy atom. The smallest absolute Gasteiger partial charge is 0.306 e. The van der Waals surface area contributed by atoms with Crippen molar-refractivity contribution in [1.82, 2.24) is 5.32 Å². The van der Waals surface area contributed by atoms with Crippen LogP contribution in [0.2, 0.25) is 0 Å². The number of carboxylic acid groups (broad SMARTS) is 1. The minimum Gasteiger partial charge on any atom is -0.497 e. The molecule has 2 N–H and O–H groups in total. The molecule has 1 fully saturated rings. The zero-order valence-electron chi connectivity index (χ0n) is 12.8. The molecule has 0 heterocycles. The van der Waals surface area contributed by atoms with Crippen LogP contribution in [0.25, 0.3) is 0 Å². The first-order valence-corrected chi connectivity index (χ1v) is 7.26. The second-order valence-corrected chi connectivity index (χ2v) is 5.44. The quantitative estimate of drug-likeness (QED) is 0.837. The van der Waals surface area contributed by atoms with Crippen LogP contribution in [-0.2, 0) is 16.1 Å². The fourth-order valence-corrected chi connectivity index (χ4v) is 2.77. The number of carbonyl (C=O) groups is 2. The van der Waals surface area contributed by atoms with E-state index in [1.54, 1.807) is 26.4 Å². The second kappa shape index (κ2) is 7.15. The predicted molar refractivity (Wildman–Crippen MR) is 79.9 cm³/mol. The Bertz CT molecular complexity index is 557. The SMILES string of the molecule is COc1ccc(CNC(=O)[C@@H]2CC[C@H](C(=O)O)C2)c(OC)c1. The monoisotopic (exact) mass is 307 g/mol. The maximum Gasteiger partial charge on any atom is 0.306 e. The van der Waals surface area contributed by atoms with E-state index in [-0.39, 0.29) is 11.8 Å². The molecule has 0 bridgehead atoms. The zero-order chi connectivity index (χ0) is 16.1. The number of rotatable bonds is 6. The lowest BCUT2D eigenvalue weighted by Crippen LogP contribution is -2.29. The summed E-state index contributed by atoms with van der Waals surface area (Å²) in [5, 5.41) is 11.8. The van der Waals surface area contributed by atoms with E-state index < -0.39 is 11.9 Å². The standard InChI is InChI=1S/C16H21NO5/c1-21-13-6-5-12(14(8-13)22-2)9-17-15(18)10-3-4-11(7-10)16(19)20/h5-6,8,10-11H,3-4,7,9H2,1-2H3,(H,17,18)(H,19,20)/t10-,11+/m1/s1. The van der Waals surface area contributed by atoms with E-state index in [0.717, 1.165) is 5.56 Å². The van der Waals surface area contributed by atoms with Gasteiger partial charge in [-0.15, -0.1) is 0 Å². The molecule has 6 nitrogen and oxygen atoms in total. The molecule has 0 spiro atoms. The van der Waals surface area contributed by atoms with Crippen LogP contribution < -0.4 is 14.8 Å². The molecule has 6 heteroatoms. The molecule has 1 amide bonds. The van der Waals surface area contributed by atoms with Gasteiger partial charge in [0.05, 0.1) is 20.1 Å². The van der Waals surface area contributed by atoms with Crippen LogP contribution in [0.1, 0.15) is 24.8 Å². The van der Waals surface area contributed by atoms with Crippen LogP contribution in [0.5, 0.6) is 11.5 Å². The Labute approximate surface area is 129 Å². The van der Waals surface area contributed by atoms with E-state index in [0.29, 0.717) is 37.3 Å². The van der Waals surface area contributed by atoms with Gasteiger partial charge in [0.25, 0.3) is 0 Å². The normalized spacial score (nSPS) is 20.5. The molecule has 2 rings (SSSR count). The third-order valence-corrected chi connectivity index (χ3v) is 4.10. The number of carboxylic acids is 1. The summed E-state index contributed by atoms with van der Waals surface area (Å²) in [6.07, 6.45) is 1.61. The van der Waals surface area contributed by atoms with E-state index in [9.17, 15) is 9.59 Å². The molecule has 1 saturated carbocycles. The lowest BCUT2D eigenvalue weighted by Gasteiger charge is -2.13. The van der Waals surface area contributed by atoms with Crippen LogP contribution >= 0.6 is 0 Å². The summed E-state index contributed by atoms with van der Waals surface area (Å²) in [6.45, 7) is 0.347. The van der Waals surface area contributed by atoms with Gasteiger partial charge in [0.2, 0.25) is 5.91 Å². The average molecular weight is 307 g/mol. The fourth-order valence-electron chi connectivity index (χ4n) is 2.77. The third kappa shape index (κ3) is 3.69. The summed E-state index contributed by atoms with van der Waals surface area (Å²) in [6, 6.07) is 5.41. The molecule has 1 aromatic carbocycles. The van der Waals surface area contributed by atoms with Crippen molar-refractivity contribution in [1.29, 1.82) is 0 Å². The fraction of sp³-hybridized carbons (Fsp3) is 0.500. The maximum atomic E-state index is 12.1. The molecule has 1 aromatic rings. The van der Waals surface area contributed by atoms with Crippen molar-refractivity contribution in [2.24, 2.45) is 11.8 Å². The average Bonchev–Trinajstić information content (AvgIpc) is 3.02.